The molecular weight excluding hydrogens is 132 g/mol. The second kappa shape index (κ2) is 7.85. The molecule has 0 atom stereocenters. The van der Waals surface area contributed by atoms with Crippen molar-refractivity contribution in [2.45, 2.75) is 39.0 Å². The topological polar surface area (TPSA) is 0 Å². The van der Waals surface area contributed by atoms with Gasteiger partial charge in [-0.3, -0.25) is 0 Å². The van der Waals surface area contributed by atoms with Crippen molar-refractivity contribution >= 4 is 11.6 Å². The van der Waals surface area contributed by atoms with Crippen LogP contribution in [0.5, 0.6) is 0 Å². The average molecular weight is 145 g/mol. The zero-order valence-corrected chi connectivity index (χ0v) is 6.67. The van der Waals surface area contributed by atoms with Crippen molar-refractivity contribution in [1.82, 2.24) is 0 Å². The number of halogens is 1. The molecule has 0 aromatic carbocycles. The first-order chi connectivity index (χ1) is 4.41. The molecule has 0 aliphatic heterocycles. The van der Waals surface area contributed by atoms with E-state index in [1.165, 1.54) is 25.7 Å². The Labute approximate surface area is 62.6 Å². The van der Waals surface area contributed by atoms with Gasteiger partial charge in [-0.15, -0.1) is 0 Å². The van der Waals surface area contributed by atoms with Crippen LogP contribution < -0.4 is 0 Å². The normalized spacial score (nSPS) is 8.22. The largest absolute Gasteiger partial charge is 0.0859 e. The minimum Gasteiger partial charge on any atom is -0.0859 e. The van der Waals surface area contributed by atoms with Crippen LogP contribution in [0.25, 0.3) is 0 Å². The second-order valence-electron chi connectivity index (χ2n) is 2.08. The van der Waals surface area contributed by atoms with Gasteiger partial charge in [-0.2, -0.15) is 0 Å². The fourth-order valence-electron chi connectivity index (χ4n) is 0.687. The minimum atomic E-state index is 0.962. The monoisotopic (exact) mass is 144 g/mol. The summed E-state index contributed by atoms with van der Waals surface area (Å²) in [7, 11) is 0. The Hall–Kier alpha value is -0.150. The first kappa shape index (κ1) is 8.85. The summed E-state index contributed by atoms with van der Waals surface area (Å²) >= 11 is 5.15. The van der Waals surface area contributed by atoms with Gasteiger partial charge in [0.05, 0.1) is 0 Å². The summed E-state index contributed by atoms with van der Waals surface area (Å²) in [6.07, 6.45) is 6.07. The van der Waals surface area contributed by atoms with E-state index in [-0.39, 0.29) is 0 Å². The molecule has 9 heavy (non-hydrogen) atoms. The molecular formula is C8H13Cl. The summed E-state index contributed by atoms with van der Waals surface area (Å²) in [5.74, 6) is 2.82. The predicted molar refractivity (Wildman–Crippen MR) is 42.4 cm³/mol. The van der Waals surface area contributed by atoms with Crippen molar-refractivity contribution in [3.63, 3.8) is 0 Å². The Balaban J connectivity index is 2.80. The van der Waals surface area contributed by atoms with Crippen LogP contribution in [0.2, 0.25) is 0 Å². The maximum absolute atomic E-state index is 5.15. The van der Waals surface area contributed by atoms with E-state index < -0.39 is 0 Å². The summed E-state index contributed by atoms with van der Waals surface area (Å²) in [6, 6.07) is 0. The summed E-state index contributed by atoms with van der Waals surface area (Å²) in [6.45, 7) is 2.20. The molecule has 0 N–H and O–H groups in total. The van der Waals surface area contributed by atoms with Gasteiger partial charge in [-0.25, -0.2) is 0 Å². The van der Waals surface area contributed by atoms with Crippen LogP contribution in [-0.4, -0.2) is 0 Å². The van der Waals surface area contributed by atoms with E-state index in [1.807, 2.05) is 0 Å². The van der Waals surface area contributed by atoms with Crippen molar-refractivity contribution in [1.29, 1.82) is 0 Å². The number of rotatable bonds is 4. The molecule has 0 spiro atoms. The van der Waals surface area contributed by atoms with Gasteiger partial charge in [0.15, 0.2) is 0 Å². The lowest BCUT2D eigenvalue weighted by Gasteiger charge is -1.90. The highest BCUT2D eigenvalue weighted by atomic mass is 35.5. The fourth-order valence-corrected chi connectivity index (χ4v) is 0.782. The minimum absolute atomic E-state index is 0.962. The van der Waals surface area contributed by atoms with E-state index in [0.29, 0.717) is 0 Å². The Bertz CT molecular complexity index is 96.9. The van der Waals surface area contributed by atoms with Gasteiger partial charge in [0.1, 0.15) is 0 Å². The maximum atomic E-state index is 5.15. The molecule has 0 nitrogen and oxygen atoms in total. The lowest BCUT2D eigenvalue weighted by molar-refractivity contribution is 0.680. The molecule has 52 valence electrons. The lowest BCUT2D eigenvalue weighted by atomic mass is 10.2. The molecule has 0 aliphatic carbocycles. The van der Waals surface area contributed by atoms with Gasteiger partial charge in [-0.1, -0.05) is 32.1 Å². The van der Waals surface area contributed by atoms with Gasteiger partial charge in [-0.05, 0) is 18.0 Å². The molecule has 0 fully saturated rings. The van der Waals surface area contributed by atoms with Crippen LogP contribution >= 0.6 is 11.6 Å². The summed E-state index contributed by atoms with van der Waals surface area (Å²) in [4.78, 5) is 0. The number of hydrogen-bond donors (Lipinski definition) is 0. The molecule has 0 heterocycles. The second-order valence-corrected chi connectivity index (χ2v) is 2.27. The van der Waals surface area contributed by atoms with Gasteiger partial charge >= 0.3 is 0 Å². The molecule has 0 rings (SSSR count). The van der Waals surface area contributed by atoms with Crippen LogP contribution in [0.1, 0.15) is 39.0 Å². The van der Waals surface area contributed by atoms with E-state index in [9.17, 15) is 0 Å². The Morgan fingerprint density at radius 1 is 1.22 bits per heavy atom. The third-order valence-corrected chi connectivity index (χ3v) is 1.36. The van der Waals surface area contributed by atoms with E-state index in [1.54, 1.807) is 0 Å². The maximum Gasteiger partial charge on any atom is 0.0101 e. The standard InChI is InChI=1S/C8H13Cl/c1-2-3-4-5-6-7-8-9/h2-6H2,1H3. The molecule has 0 aromatic heterocycles. The van der Waals surface area contributed by atoms with Crippen molar-refractivity contribution in [2.75, 3.05) is 0 Å². The van der Waals surface area contributed by atoms with Crippen LogP contribution in [0.15, 0.2) is 0 Å². The average Bonchev–Trinajstić information content (AvgIpc) is 1.89. The van der Waals surface area contributed by atoms with Crippen molar-refractivity contribution in [2.24, 2.45) is 0 Å². The number of hydrogen-bond acceptors (Lipinski definition) is 0. The third-order valence-electron chi connectivity index (χ3n) is 1.22. The Morgan fingerprint density at radius 3 is 2.56 bits per heavy atom. The molecule has 0 aliphatic rings. The molecule has 0 radical (unpaired) electrons. The number of unbranched alkanes of at least 4 members (excludes halogenated alkanes) is 4. The fraction of sp³-hybridized carbons (Fsp3) is 0.750. The Kier molecular flexibility index (Phi) is 7.72. The molecule has 1 heteroatoms. The van der Waals surface area contributed by atoms with Crippen LogP contribution in [0, 0.1) is 11.3 Å². The molecule has 0 bridgehead atoms. The summed E-state index contributed by atoms with van der Waals surface area (Å²) in [5, 5.41) is 2.37. The third kappa shape index (κ3) is 7.85. The van der Waals surface area contributed by atoms with Crippen LogP contribution in [0.4, 0.5) is 0 Å². The summed E-state index contributed by atoms with van der Waals surface area (Å²) in [5.41, 5.74) is 0. The Morgan fingerprint density at radius 2 is 2.00 bits per heavy atom. The van der Waals surface area contributed by atoms with Crippen molar-refractivity contribution in [3.8, 4) is 11.3 Å². The van der Waals surface area contributed by atoms with Crippen molar-refractivity contribution in [3.05, 3.63) is 0 Å². The molecule has 0 amide bonds. The van der Waals surface area contributed by atoms with Gasteiger partial charge in [0.25, 0.3) is 0 Å². The SMILES string of the molecule is CCCCCCC#CCl. The van der Waals surface area contributed by atoms with E-state index in [0.717, 1.165) is 6.42 Å². The summed E-state index contributed by atoms with van der Waals surface area (Å²) < 4.78 is 0. The highest BCUT2D eigenvalue weighted by Gasteiger charge is 1.82. The quantitative estimate of drug-likeness (QED) is 0.420. The molecule has 0 unspecified atom stereocenters. The molecule has 0 aromatic rings. The molecule has 0 saturated carbocycles. The van der Waals surface area contributed by atoms with E-state index in [4.69, 9.17) is 11.6 Å². The van der Waals surface area contributed by atoms with Crippen LogP contribution in [0.3, 0.4) is 0 Å². The zero-order chi connectivity index (χ0) is 6.95. The van der Waals surface area contributed by atoms with Gasteiger partial charge in [0.2, 0.25) is 0 Å². The van der Waals surface area contributed by atoms with E-state index >= 15 is 0 Å². The van der Waals surface area contributed by atoms with Crippen LogP contribution in [-0.2, 0) is 0 Å². The first-order valence-electron chi connectivity index (χ1n) is 3.50. The zero-order valence-electron chi connectivity index (χ0n) is 5.91. The van der Waals surface area contributed by atoms with Gasteiger partial charge in [0, 0.05) is 11.8 Å². The molecule has 0 saturated heterocycles. The first-order valence-corrected chi connectivity index (χ1v) is 3.88. The predicted octanol–water partition coefficient (Wildman–Crippen LogP) is 3.16. The highest BCUT2D eigenvalue weighted by Crippen LogP contribution is 2.00. The van der Waals surface area contributed by atoms with Crippen molar-refractivity contribution < 1.29 is 0 Å². The lowest BCUT2D eigenvalue weighted by Crippen LogP contribution is -1.72. The van der Waals surface area contributed by atoms with E-state index in [2.05, 4.69) is 18.2 Å². The smallest absolute Gasteiger partial charge is 0.0101 e. The van der Waals surface area contributed by atoms with Gasteiger partial charge < -0.3 is 0 Å². The highest BCUT2D eigenvalue weighted by molar-refractivity contribution is 6.30.